The van der Waals surface area contributed by atoms with Gasteiger partial charge in [-0.05, 0) is 19.3 Å². The lowest BCUT2D eigenvalue weighted by molar-refractivity contribution is -0.139. The number of hydrogen-bond donors (Lipinski definition) is 4. The molecule has 0 unspecified atom stereocenters. The van der Waals surface area contributed by atoms with Crippen molar-refractivity contribution in [1.82, 2.24) is 5.32 Å². The predicted molar refractivity (Wildman–Crippen MR) is 68.6 cm³/mol. The summed E-state index contributed by atoms with van der Waals surface area (Å²) >= 11 is 0. The lowest BCUT2D eigenvalue weighted by Gasteiger charge is -2.07. The van der Waals surface area contributed by atoms with Gasteiger partial charge in [-0.2, -0.15) is 0 Å². The fraction of sp³-hybridized carbons (Fsp3) is 0.750. The van der Waals surface area contributed by atoms with Crippen molar-refractivity contribution in [2.75, 3.05) is 6.54 Å². The average Bonchev–Trinajstić information content (AvgIpc) is 2.34. The summed E-state index contributed by atoms with van der Waals surface area (Å²) in [4.78, 5) is 32.0. The first-order chi connectivity index (χ1) is 8.93. The number of carbonyl (C=O) groups is 3. The molecule has 0 aromatic heterocycles. The van der Waals surface area contributed by atoms with Crippen molar-refractivity contribution in [3.05, 3.63) is 0 Å². The van der Waals surface area contributed by atoms with Crippen molar-refractivity contribution in [2.45, 2.75) is 51.0 Å². The lowest BCUT2D eigenvalue weighted by Crippen LogP contribution is -2.32. The highest BCUT2D eigenvalue weighted by molar-refractivity contribution is 5.78. The van der Waals surface area contributed by atoms with E-state index in [0.29, 0.717) is 13.0 Å². The molecule has 19 heavy (non-hydrogen) atoms. The molecule has 0 radical (unpaired) electrons. The number of rotatable bonds is 11. The second-order valence-electron chi connectivity index (χ2n) is 4.39. The van der Waals surface area contributed by atoms with Gasteiger partial charge in [0.1, 0.15) is 6.04 Å². The largest absolute Gasteiger partial charge is 0.481 e. The number of nitrogens with one attached hydrogen (secondary N) is 1. The molecule has 7 heteroatoms. The van der Waals surface area contributed by atoms with Crippen molar-refractivity contribution in [3.63, 3.8) is 0 Å². The molecule has 0 aliphatic carbocycles. The van der Waals surface area contributed by atoms with Crippen LogP contribution in [0.5, 0.6) is 0 Å². The third-order valence-electron chi connectivity index (χ3n) is 2.64. The topological polar surface area (TPSA) is 130 Å². The smallest absolute Gasteiger partial charge is 0.320 e. The number of carboxylic acids is 2. The van der Waals surface area contributed by atoms with E-state index in [2.05, 4.69) is 5.32 Å². The van der Waals surface area contributed by atoms with Gasteiger partial charge in [0.2, 0.25) is 5.91 Å². The Morgan fingerprint density at radius 3 is 2.21 bits per heavy atom. The summed E-state index contributed by atoms with van der Waals surface area (Å²) in [6, 6.07) is -0.998. The number of hydrogen-bond acceptors (Lipinski definition) is 4. The van der Waals surface area contributed by atoms with Crippen molar-refractivity contribution in [1.29, 1.82) is 0 Å². The highest BCUT2D eigenvalue weighted by Crippen LogP contribution is 2.02. The summed E-state index contributed by atoms with van der Waals surface area (Å²) < 4.78 is 0. The molecule has 0 heterocycles. The standard InChI is InChI=1S/C12H22N2O5/c13-9(12(18)19)6-7-10(15)14-8-4-2-1-3-5-11(16)17/h9H,1-8,13H2,(H,14,15)(H,16,17)(H,18,19)/t9-/m0/s1. The molecule has 0 aliphatic rings. The van der Waals surface area contributed by atoms with Crippen molar-refractivity contribution >= 4 is 17.8 Å². The van der Waals surface area contributed by atoms with Crippen LogP contribution in [-0.2, 0) is 14.4 Å². The maximum Gasteiger partial charge on any atom is 0.320 e. The van der Waals surface area contributed by atoms with Gasteiger partial charge in [-0.3, -0.25) is 14.4 Å². The first-order valence-corrected chi connectivity index (χ1v) is 6.40. The van der Waals surface area contributed by atoms with Gasteiger partial charge in [-0.1, -0.05) is 12.8 Å². The quantitative estimate of drug-likeness (QED) is 0.402. The third-order valence-corrected chi connectivity index (χ3v) is 2.64. The summed E-state index contributed by atoms with van der Waals surface area (Å²) in [6.45, 7) is 0.522. The molecule has 0 saturated carbocycles. The Balaban J connectivity index is 3.39. The zero-order chi connectivity index (χ0) is 14.7. The summed E-state index contributed by atoms with van der Waals surface area (Å²) in [7, 11) is 0. The van der Waals surface area contributed by atoms with Crippen molar-refractivity contribution < 1.29 is 24.6 Å². The zero-order valence-corrected chi connectivity index (χ0v) is 10.9. The molecule has 0 aliphatic heterocycles. The van der Waals surface area contributed by atoms with Crippen LogP contribution in [0.1, 0.15) is 44.9 Å². The highest BCUT2D eigenvalue weighted by atomic mass is 16.4. The summed E-state index contributed by atoms with van der Waals surface area (Å²) in [5.41, 5.74) is 5.27. The van der Waals surface area contributed by atoms with Crippen LogP contribution in [0.25, 0.3) is 0 Å². The van der Waals surface area contributed by atoms with Crippen LogP contribution in [0.4, 0.5) is 0 Å². The molecule has 5 N–H and O–H groups in total. The molecule has 0 saturated heterocycles. The van der Waals surface area contributed by atoms with E-state index in [4.69, 9.17) is 15.9 Å². The van der Waals surface area contributed by atoms with Crippen LogP contribution >= 0.6 is 0 Å². The number of unbranched alkanes of at least 4 members (excludes halogenated alkanes) is 3. The van der Waals surface area contributed by atoms with E-state index in [0.717, 1.165) is 19.3 Å². The Morgan fingerprint density at radius 1 is 1.00 bits per heavy atom. The van der Waals surface area contributed by atoms with E-state index in [1.165, 1.54) is 0 Å². The van der Waals surface area contributed by atoms with Gasteiger partial charge in [0.05, 0.1) is 0 Å². The molecule has 1 amide bonds. The minimum absolute atomic E-state index is 0.104. The molecule has 0 aromatic rings. The Hall–Kier alpha value is -1.63. The van der Waals surface area contributed by atoms with Crippen LogP contribution in [-0.4, -0.2) is 40.6 Å². The van der Waals surface area contributed by atoms with Gasteiger partial charge in [-0.25, -0.2) is 0 Å². The highest BCUT2D eigenvalue weighted by Gasteiger charge is 2.12. The third kappa shape index (κ3) is 11.2. The van der Waals surface area contributed by atoms with Gasteiger partial charge in [0.15, 0.2) is 0 Å². The second-order valence-corrected chi connectivity index (χ2v) is 4.39. The number of nitrogens with two attached hydrogens (primary N) is 1. The number of carboxylic acid groups (broad SMARTS) is 2. The maximum absolute atomic E-state index is 11.3. The molecular formula is C12H22N2O5. The summed E-state index contributed by atoms with van der Waals surface area (Å²) in [5, 5.41) is 19.6. The van der Waals surface area contributed by atoms with E-state index >= 15 is 0 Å². The summed E-state index contributed by atoms with van der Waals surface area (Å²) in [6.07, 6.45) is 3.53. The molecule has 0 aromatic carbocycles. The van der Waals surface area contributed by atoms with E-state index in [1.807, 2.05) is 0 Å². The number of carbonyl (C=O) groups excluding carboxylic acids is 1. The Labute approximate surface area is 112 Å². The Kier molecular flexibility index (Phi) is 9.42. The predicted octanol–water partition coefficient (Wildman–Crippen LogP) is 0.330. The molecule has 0 rings (SSSR count). The lowest BCUT2D eigenvalue weighted by atomic mass is 10.1. The number of amides is 1. The molecule has 7 nitrogen and oxygen atoms in total. The van der Waals surface area contributed by atoms with E-state index in [1.54, 1.807) is 0 Å². The normalized spacial score (nSPS) is 11.8. The van der Waals surface area contributed by atoms with Crippen LogP contribution in [0, 0.1) is 0 Å². The van der Waals surface area contributed by atoms with Crippen LogP contribution in [0.15, 0.2) is 0 Å². The first kappa shape index (κ1) is 17.4. The summed E-state index contributed by atoms with van der Waals surface area (Å²) in [5.74, 6) is -2.10. The minimum Gasteiger partial charge on any atom is -0.481 e. The van der Waals surface area contributed by atoms with Gasteiger partial charge in [-0.15, -0.1) is 0 Å². The molecule has 0 spiro atoms. The van der Waals surface area contributed by atoms with Gasteiger partial charge in [0, 0.05) is 19.4 Å². The molecule has 1 atom stereocenters. The van der Waals surface area contributed by atoms with Gasteiger partial charge in [0.25, 0.3) is 0 Å². The average molecular weight is 274 g/mol. The van der Waals surface area contributed by atoms with Crippen LogP contribution in [0.3, 0.4) is 0 Å². The zero-order valence-electron chi connectivity index (χ0n) is 10.9. The minimum atomic E-state index is -1.11. The monoisotopic (exact) mass is 274 g/mol. The van der Waals surface area contributed by atoms with Crippen LogP contribution < -0.4 is 11.1 Å². The number of aliphatic carboxylic acids is 2. The first-order valence-electron chi connectivity index (χ1n) is 6.40. The van der Waals surface area contributed by atoms with E-state index in [-0.39, 0.29) is 25.2 Å². The SMILES string of the molecule is N[C@@H](CCC(=O)NCCCCCCC(=O)O)C(=O)O. The molecule has 0 bridgehead atoms. The second kappa shape index (κ2) is 10.3. The fourth-order valence-corrected chi connectivity index (χ4v) is 1.48. The van der Waals surface area contributed by atoms with E-state index < -0.39 is 18.0 Å². The molecule has 110 valence electrons. The van der Waals surface area contributed by atoms with Crippen molar-refractivity contribution in [2.24, 2.45) is 5.73 Å². The Morgan fingerprint density at radius 2 is 1.63 bits per heavy atom. The Bertz CT molecular complexity index is 306. The van der Waals surface area contributed by atoms with Crippen LogP contribution in [0.2, 0.25) is 0 Å². The maximum atomic E-state index is 11.3. The molecule has 0 fully saturated rings. The van der Waals surface area contributed by atoms with Crippen molar-refractivity contribution in [3.8, 4) is 0 Å². The van der Waals surface area contributed by atoms with Gasteiger partial charge < -0.3 is 21.3 Å². The fourth-order valence-electron chi connectivity index (χ4n) is 1.48. The van der Waals surface area contributed by atoms with E-state index in [9.17, 15) is 14.4 Å². The molecular weight excluding hydrogens is 252 g/mol. The van der Waals surface area contributed by atoms with Gasteiger partial charge >= 0.3 is 11.9 Å².